The molecule has 1 heteroatoms. The van der Waals surface area contributed by atoms with Crippen molar-refractivity contribution in [2.24, 2.45) is 0 Å². The van der Waals surface area contributed by atoms with E-state index in [1.165, 1.54) is 0 Å². The summed E-state index contributed by atoms with van der Waals surface area (Å²) in [5.41, 5.74) is 1.07. The van der Waals surface area contributed by atoms with E-state index in [4.69, 9.17) is 0 Å². The number of nitrogens with one attached hydrogen (secondary N) is 1. The van der Waals surface area contributed by atoms with Gasteiger partial charge in [-0.3, -0.25) is 0 Å². The zero-order valence-electron chi connectivity index (χ0n) is 5.43. The van der Waals surface area contributed by atoms with Gasteiger partial charge in [0.2, 0.25) is 0 Å². The molecular weight excluding hydrogens is 110 g/mol. The van der Waals surface area contributed by atoms with Crippen LogP contribution in [0.5, 0.6) is 0 Å². The van der Waals surface area contributed by atoms with Crippen molar-refractivity contribution in [1.82, 2.24) is 4.98 Å². The molecule has 1 heterocycles. The molecule has 0 radical (unpaired) electrons. The Labute approximate surface area is 55.7 Å². The lowest BCUT2D eigenvalue weighted by molar-refractivity contribution is 1.38. The molecule has 0 bridgehead atoms. The summed E-state index contributed by atoms with van der Waals surface area (Å²) < 4.78 is 0. The van der Waals surface area contributed by atoms with Crippen LogP contribution in [0.2, 0.25) is 0 Å². The Morgan fingerprint density at radius 3 is 2.33 bits per heavy atom. The van der Waals surface area contributed by atoms with Crippen molar-refractivity contribution >= 4 is 6.08 Å². The van der Waals surface area contributed by atoms with Gasteiger partial charge in [0.25, 0.3) is 0 Å². The smallest absolute Gasteiger partial charge is 0.0374 e. The van der Waals surface area contributed by atoms with Crippen LogP contribution in [0.25, 0.3) is 6.08 Å². The lowest BCUT2D eigenvalue weighted by Gasteiger charge is -1.74. The molecule has 0 aliphatic rings. The van der Waals surface area contributed by atoms with Crippen molar-refractivity contribution in [3.05, 3.63) is 43.8 Å². The third-order valence-corrected chi connectivity index (χ3v) is 0.842. The fourth-order valence-corrected chi connectivity index (χ4v) is 0.471. The molecule has 9 heavy (non-hydrogen) atoms. The van der Waals surface area contributed by atoms with Crippen molar-refractivity contribution < 1.29 is 0 Å². The summed E-state index contributed by atoms with van der Waals surface area (Å²) in [6.45, 7) is 9.57. The lowest BCUT2D eigenvalue weighted by atomic mass is 10.4. The van der Waals surface area contributed by atoms with Crippen molar-refractivity contribution in [1.29, 1.82) is 0 Å². The Balaban J connectivity index is 0.000000291. The summed E-state index contributed by atoms with van der Waals surface area (Å²) in [6, 6.07) is 3.91. The van der Waals surface area contributed by atoms with Crippen LogP contribution in [-0.2, 0) is 0 Å². The number of H-pyrrole nitrogens is 1. The first-order valence-electron chi connectivity index (χ1n) is 2.69. The maximum absolute atomic E-state index is 3.57. The van der Waals surface area contributed by atoms with Gasteiger partial charge in [-0.2, -0.15) is 0 Å². The molecule has 1 rings (SSSR count). The molecule has 0 aliphatic heterocycles. The largest absolute Gasteiger partial charge is 0.362 e. The summed E-state index contributed by atoms with van der Waals surface area (Å²) in [6.07, 6.45) is 3.65. The SMILES string of the molecule is C=C.C=Cc1ccc[nH]1. The molecule has 0 saturated heterocycles. The van der Waals surface area contributed by atoms with Gasteiger partial charge in [0.15, 0.2) is 0 Å². The summed E-state index contributed by atoms with van der Waals surface area (Å²) in [7, 11) is 0. The highest BCUT2D eigenvalue weighted by Gasteiger charge is 1.76. The maximum atomic E-state index is 3.57. The summed E-state index contributed by atoms with van der Waals surface area (Å²) in [5.74, 6) is 0. The number of aromatic nitrogens is 1. The zero-order valence-corrected chi connectivity index (χ0v) is 5.43. The van der Waals surface area contributed by atoms with Crippen LogP contribution in [0.4, 0.5) is 0 Å². The van der Waals surface area contributed by atoms with E-state index in [0.29, 0.717) is 0 Å². The van der Waals surface area contributed by atoms with Gasteiger partial charge in [0.05, 0.1) is 0 Å². The third-order valence-electron chi connectivity index (χ3n) is 0.842. The van der Waals surface area contributed by atoms with Gasteiger partial charge in [-0.05, 0) is 18.2 Å². The zero-order chi connectivity index (χ0) is 7.11. The predicted octanol–water partition coefficient (Wildman–Crippen LogP) is 2.46. The first-order chi connectivity index (χ1) is 4.43. The van der Waals surface area contributed by atoms with E-state index in [1.54, 1.807) is 6.08 Å². The number of aromatic amines is 1. The summed E-state index contributed by atoms with van der Waals surface area (Å²) in [4.78, 5) is 2.97. The van der Waals surface area contributed by atoms with Crippen LogP contribution >= 0.6 is 0 Å². The van der Waals surface area contributed by atoms with Crippen LogP contribution < -0.4 is 0 Å². The molecule has 0 atom stereocenters. The van der Waals surface area contributed by atoms with Crippen LogP contribution in [-0.4, -0.2) is 4.98 Å². The predicted molar refractivity (Wildman–Crippen MR) is 42.1 cm³/mol. The normalized spacial score (nSPS) is 7.11. The monoisotopic (exact) mass is 121 g/mol. The Bertz CT molecular complexity index is 151. The van der Waals surface area contributed by atoms with E-state index in [9.17, 15) is 0 Å². The Morgan fingerprint density at radius 2 is 2.11 bits per heavy atom. The lowest BCUT2D eigenvalue weighted by Crippen LogP contribution is -1.61. The average molecular weight is 121 g/mol. The highest BCUT2D eigenvalue weighted by atomic mass is 14.7. The standard InChI is InChI=1S/C6H7N.C2H4/c1-2-6-4-3-5-7-6;1-2/h2-5,7H,1H2;1-2H2. The molecule has 1 aromatic heterocycles. The highest BCUT2D eigenvalue weighted by Crippen LogP contribution is 1.92. The second-order valence-corrected chi connectivity index (χ2v) is 1.33. The molecule has 48 valence electrons. The van der Waals surface area contributed by atoms with Crippen LogP contribution in [0, 0.1) is 0 Å². The van der Waals surface area contributed by atoms with Crippen molar-refractivity contribution in [2.45, 2.75) is 0 Å². The van der Waals surface area contributed by atoms with Crippen molar-refractivity contribution in [3.8, 4) is 0 Å². The quantitative estimate of drug-likeness (QED) is 0.549. The molecule has 1 N–H and O–H groups in total. The molecule has 0 amide bonds. The molecule has 1 nitrogen and oxygen atoms in total. The van der Waals surface area contributed by atoms with Crippen LogP contribution in [0.3, 0.4) is 0 Å². The minimum atomic E-state index is 1.07. The van der Waals surface area contributed by atoms with Gasteiger partial charge >= 0.3 is 0 Å². The van der Waals surface area contributed by atoms with Crippen molar-refractivity contribution in [2.75, 3.05) is 0 Å². The topological polar surface area (TPSA) is 15.8 Å². The van der Waals surface area contributed by atoms with Gasteiger partial charge in [-0.25, -0.2) is 0 Å². The number of rotatable bonds is 1. The summed E-state index contributed by atoms with van der Waals surface area (Å²) in [5, 5.41) is 0. The fraction of sp³-hybridized carbons (Fsp3) is 0. The van der Waals surface area contributed by atoms with Gasteiger partial charge in [0.1, 0.15) is 0 Å². The average Bonchev–Trinajstić information content (AvgIpc) is 2.43. The fourth-order valence-electron chi connectivity index (χ4n) is 0.471. The first-order valence-corrected chi connectivity index (χ1v) is 2.69. The Kier molecular flexibility index (Phi) is 4.23. The minimum absolute atomic E-state index is 1.07. The van der Waals surface area contributed by atoms with E-state index in [0.717, 1.165) is 5.69 Å². The molecule has 0 saturated carbocycles. The second kappa shape index (κ2) is 4.91. The van der Waals surface area contributed by atoms with Gasteiger partial charge < -0.3 is 4.98 Å². The molecule has 0 aliphatic carbocycles. The highest BCUT2D eigenvalue weighted by molar-refractivity contribution is 5.40. The Morgan fingerprint density at radius 1 is 1.44 bits per heavy atom. The second-order valence-electron chi connectivity index (χ2n) is 1.33. The number of hydrogen-bond acceptors (Lipinski definition) is 0. The minimum Gasteiger partial charge on any atom is -0.362 e. The number of hydrogen-bond donors (Lipinski definition) is 1. The molecule has 0 aromatic carbocycles. The summed E-state index contributed by atoms with van der Waals surface area (Å²) >= 11 is 0. The maximum Gasteiger partial charge on any atom is 0.0374 e. The van der Waals surface area contributed by atoms with Gasteiger partial charge in [-0.1, -0.05) is 6.58 Å². The first kappa shape index (κ1) is 7.76. The molecule has 0 fully saturated rings. The van der Waals surface area contributed by atoms with Gasteiger partial charge in [0, 0.05) is 11.9 Å². The van der Waals surface area contributed by atoms with Crippen molar-refractivity contribution in [3.63, 3.8) is 0 Å². The van der Waals surface area contributed by atoms with Crippen LogP contribution in [0.1, 0.15) is 5.69 Å². The van der Waals surface area contributed by atoms with E-state index in [1.807, 2.05) is 18.3 Å². The molecule has 0 unspecified atom stereocenters. The van der Waals surface area contributed by atoms with E-state index >= 15 is 0 Å². The van der Waals surface area contributed by atoms with E-state index in [-0.39, 0.29) is 0 Å². The third kappa shape index (κ3) is 2.54. The van der Waals surface area contributed by atoms with E-state index in [2.05, 4.69) is 24.7 Å². The molecule has 0 spiro atoms. The molecular formula is C8H11N. The molecule has 1 aromatic rings. The Hall–Kier alpha value is -1.24. The van der Waals surface area contributed by atoms with E-state index < -0.39 is 0 Å². The van der Waals surface area contributed by atoms with Crippen LogP contribution in [0.15, 0.2) is 38.1 Å². The van der Waals surface area contributed by atoms with Gasteiger partial charge in [-0.15, -0.1) is 13.2 Å².